The quantitative estimate of drug-likeness (QED) is 0.527. The zero-order valence-electron chi connectivity index (χ0n) is 12.7. The lowest BCUT2D eigenvalue weighted by Crippen LogP contribution is -2.19. The average molecular weight is 322 g/mol. The lowest BCUT2D eigenvalue weighted by atomic mass is 9.85. The van der Waals surface area contributed by atoms with Gasteiger partial charge in [-0.1, -0.05) is 6.08 Å². The smallest absolute Gasteiger partial charge is 0.432 e. The number of aromatic nitrogens is 3. The van der Waals surface area contributed by atoms with Gasteiger partial charge in [-0.3, -0.25) is 9.78 Å². The topological polar surface area (TPSA) is 109 Å². The van der Waals surface area contributed by atoms with Gasteiger partial charge in [0.25, 0.3) is 0 Å². The predicted molar refractivity (Wildman–Crippen MR) is 83.4 cm³/mol. The van der Waals surface area contributed by atoms with Crippen LogP contribution in [-0.4, -0.2) is 31.7 Å². The van der Waals surface area contributed by atoms with E-state index >= 15 is 0 Å². The summed E-state index contributed by atoms with van der Waals surface area (Å²) in [5.41, 5.74) is 2.05. The molecular weight excluding hydrogens is 308 g/mol. The van der Waals surface area contributed by atoms with Gasteiger partial charge < -0.3 is 5.11 Å². The van der Waals surface area contributed by atoms with Crippen molar-refractivity contribution in [2.45, 2.75) is 19.3 Å². The van der Waals surface area contributed by atoms with Crippen LogP contribution in [0.2, 0.25) is 0 Å². The van der Waals surface area contributed by atoms with E-state index in [9.17, 15) is 14.9 Å². The van der Waals surface area contributed by atoms with Crippen LogP contribution in [-0.2, 0) is 12.8 Å². The Labute approximate surface area is 137 Å². The predicted octanol–water partition coefficient (Wildman–Crippen LogP) is 2.24. The molecule has 0 aromatic carbocycles. The van der Waals surface area contributed by atoms with Crippen LogP contribution in [0, 0.1) is 17.2 Å². The third-order valence-corrected chi connectivity index (χ3v) is 4.08. The van der Waals surface area contributed by atoms with Gasteiger partial charge in [0.05, 0.1) is 17.5 Å². The Hall–Kier alpha value is -3.27. The molecule has 1 N–H and O–H groups in total. The van der Waals surface area contributed by atoms with E-state index < -0.39 is 6.09 Å². The zero-order chi connectivity index (χ0) is 17.1. The van der Waals surface area contributed by atoms with Crippen molar-refractivity contribution < 1.29 is 14.7 Å². The van der Waals surface area contributed by atoms with Crippen LogP contribution >= 0.6 is 0 Å². The van der Waals surface area contributed by atoms with Crippen LogP contribution in [0.3, 0.4) is 0 Å². The van der Waals surface area contributed by atoms with Crippen LogP contribution in [0.15, 0.2) is 42.4 Å². The number of rotatable bonds is 3. The molecule has 1 aliphatic rings. The van der Waals surface area contributed by atoms with Crippen LogP contribution < -0.4 is 0 Å². The Morgan fingerprint density at radius 3 is 2.79 bits per heavy atom. The Morgan fingerprint density at radius 1 is 1.38 bits per heavy atom. The molecule has 2 heterocycles. The summed E-state index contributed by atoms with van der Waals surface area (Å²) >= 11 is 0. The highest BCUT2D eigenvalue weighted by Crippen LogP contribution is 2.27. The first kappa shape index (κ1) is 15.6. The fraction of sp³-hybridized carbons (Fsp3) is 0.235. The van der Waals surface area contributed by atoms with Crippen molar-refractivity contribution in [2.75, 3.05) is 0 Å². The number of ketones is 1. The first-order chi connectivity index (χ1) is 11.6. The second kappa shape index (κ2) is 6.46. The molecule has 0 amide bonds. The van der Waals surface area contributed by atoms with Crippen molar-refractivity contribution in [3.63, 3.8) is 0 Å². The summed E-state index contributed by atoms with van der Waals surface area (Å²) in [5.74, 6) is -0.323. The molecular formula is C17H14N4O3. The number of hydrogen-bond acceptors (Lipinski definition) is 5. The molecule has 0 radical (unpaired) electrons. The summed E-state index contributed by atoms with van der Waals surface area (Å²) in [6.07, 6.45) is 6.92. The summed E-state index contributed by atoms with van der Waals surface area (Å²) in [6.45, 7) is 0. The third-order valence-electron chi connectivity index (χ3n) is 4.08. The fourth-order valence-corrected chi connectivity index (χ4v) is 2.92. The van der Waals surface area contributed by atoms with Crippen molar-refractivity contribution in [3.8, 4) is 6.07 Å². The molecule has 1 unspecified atom stereocenters. The van der Waals surface area contributed by atoms with Crippen molar-refractivity contribution in [3.05, 3.63) is 59.2 Å². The number of fused-ring (bicyclic) bond motifs is 1. The molecule has 2 aromatic heterocycles. The lowest BCUT2D eigenvalue weighted by molar-refractivity contribution is 0.103. The Bertz CT molecular complexity index is 862. The summed E-state index contributed by atoms with van der Waals surface area (Å²) in [4.78, 5) is 27.3. The summed E-state index contributed by atoms with van der Waals surface area (Å²) in [5, 5.41) is 22.3. The standard InChI is InChI=1S/C17H14N4O3/c18-9-13(16(22)12-3-5-19-6-4-12)7-11-1-2-15-14(8-11)10-20-21(15)17(23)24/h3-7,10-11H,1-2,8H2,(H,23,24). The molecule has 2 aromatic rings. The number of carbonyl (C=O) groups is 2. The van der Waals surface area contributed by atoms with Crippen LogP contribution in [0.25, 0.3) is 0 Å². The molecule has 0 aliphatic heterocycles. The van der Waals surface area contributed by atoms with Gasteiger partial charge in [-0.15, -0.1) is 0 Å². The van der Waals surface area contributed by atoms with Crippen molar-refractivity contribution in [1.29, 1.82) is 5.26 Å². The minimum absolute atomic E-state index is 0.00406. The maximum absolute atomic E-state index is 12.4. The molecule has 3 rings (SSSR count). The second-order valence-corrected chi connectivity index (χ2v) is 5.57. The van der Waals surface area contributed by atoms with E-state index in [0.717, 1.165) is 10.2 Å². The van der Waals surface area contributed by atoms with E-state index in [0.29, 0.717) is 30.5 Å². The minimum Gasteiger partial charge on any atom is -0.463 e. The molecule has 1 atom stereocenters. The summed E-state index contributed by atoms with van der Waals surface area (Å²) < 4.78 is 0.989. The maximum Gasteiger partial charge on any atom is 0.432 e. The van der Waals surface area contributed by atoms with Gasteiger partial charge in [-0.25, -0.2) is 4.79 Å². The minimum atomic E-state index is -1.10. The summed E-state index contributed by atoms with van der Waals surface area (Å²) in [7, 11) is 0. The number of hydrogen-bond donors (Lipinski definition) is 1. The van der Waals surface area contributed by atoms with Gasteiger partial charge in [0.15, 0.2) is 0 Å². The number of carboxylic acid groups (broad SMARTS) is 1. The number of Topliss-reactive ketones (excluding diaryl/α,β-unsaturated/α-hetero) is 1. The van der Waals surface area contributed by atoms with E-state index in [1.165, 1.54) is 12.4 Å². The van der Waals surface area contributed by atoms with E-state index in [4.69, 9.17) is 5.11 Å². The molecule has 7 heteroatoms. The first-order valence-electron chi connectivity index (χ1n) is 7.46. The van der Waals surface area contributed by atoms with E-state index in [2.05, 4.69) is 10.1 Å². The largest absolute Gasteiger partial charge is 0.463 e. The molecule has 120 valence electrons. The normalized spacial score (nSPS) is 17.0. The lowest BCUT2D eigenvalue weighted by Gasteiger charge is -2.19. The van der Waals surface area contributed by atoms with Gasteiger partial charge in [0.2, 0.25) is 5.78 Å². The molecule has 0 bridgehead atoms. The summed E-state index contributed by atoms with van der Waals surface area (Å²) in [6, 6.07) is 5.12. The third kappa shape index (κ3) is 2.94. The van der Waals surface area contributed by atoms with Gasteiger partial charge in [-0.2, -0.15) is 15.0 Å². The number of nitrogens with zero attached hydrogens (tertiary/aromatic N) is 4. The zero-order valence-corrected chi connectivity index (χ0v) is 12.7. The van der Waals surface area contributed by atoms with Gasteiger partial charge in [0.1, 0.15) is 6.07 Å². The molecule has 0 saturated heterocycles. The number of carbonyl (C=O) groups excluding carboxylic acids is 1. The number of pyridine rings is 1. The highest BCUT2D eigenvalue weighted by molar-refractivity contribution is 6.11. The van der Waals surface area contributed by atoms with Crippen LogP contribution in [0.1, 0.15) is 28.0 Å². The number of allylic oxidation sites excluding steroid dienone is 2. The van der Waals surface area contributed by atoms with E-state index in [1.807, 2.05) is 6.07 Å². The second-order valence-electron chi connectivity index (χ2n) is 5.57. The van der Waals surface area contributed by atoms with Gasteiger partial charge in [0, 0.05) is 18.0 Å². The Kier molecular flexibility index (Phi) is 4.20. The monoisotopic (exact) mass is 322 g/mol. The molecule has 24 heavy (non-hydrogen) atoms. The highest BCUT2D eigenvalue weighted by atomic mass is 16.4. The average Bonchev–Trinajstić information content (AvgIpc) is 3.03. The molecule has 1 aliphatic carbocycles. The Balaban J connectivity index is 1.82. The van der Waals surface area contributed by atoms with Crippen LogP contribution in [0.4, 0.5) is 4.79 Å². The molecule has 0 saturated carbocycles. The van der Waals surface area contributed by atoms with Crippen molar-refractivity contribution >= 4 is 11.9 Å². The first-order valence-corrected chi connectivity index (χ1v) is 7.46. The van der Waals surface area contributed by atoms with Crippen LogP contribution in [0.5, 0.6) is 0 Å². The Morgan fingerprint density at radius 2 is 2.12 bits per heavy atom. The maximum atomic E-state index is 12.4. The molecule has 0 spiro atoms. The fourth-order valence-electron chi connectivity index (χ4n) is 2.92. The SMILES string of the molecule is N#CC(=CC1CCc2c(cnn2C(=O)O)C1)C(=O)c1ccncc1. The van der Waals surface area contributed by atoms with Gasteiger partial charge in [-0.05, 0) is 42.9 Å². The van der Waals surface area contributed by atoms with Gasteiger partial charge >= 0.3 is 6.09 Å². The van der Waals surface area contributed by atoms with Crippen molar-refractivity contribution in [2.24, 2.45) is 5.92 Å². The number of nitriles is 1. The molecule has 7 nitrogen and oxygen atoms in total. The van der Waals surface area contributed by atoms with E-state index in [-0.39, 0.29) is 17.3 Å². The highest BCUT2D eigenvalue weighted by Gasteiger charge is 2.24. The molecule has 0 fully saturated rings. The van der Waals surface area contributed by atoms with E-state index in [1.54, 1.807) is 24.4 Å². The van der Waals surface area contributed by atoms with Crippen molar-refractivity contribution in [1.82, 2.24) is 14.8 Å².